The molecule has 0 heterocycles. The lowest BCUT2D eigenvalue weighted by atomic mass is 9.84. The zero-order chi connectivity index (χ0) is 13.9. The summed E-state index contributed by atoms with van der Waals surface area (Å²) in [6.45, 7) is 6.02. The van der Waals surface area contributed by atoms with Gasteiger partial charge < -0.3 is 15.6 Å². The average molecular weight is 251 g/mol. The smallest absolute Gasteiger partial charge is 0.305 e. The lowest BCUT2D eigenvalue weighted by Crippen LogP contribution is -2.13. The van der Waals surface area contributed by atoms with Crippen molar-refractivity contribution in [2.75, 3.05) is 12.8 Å². The number of rotatable bonds is 3. The van der Waals surface area contributed by atoms with E-state index in [0.29, 0.717) is 18.5 Å². The van der Waals surface area contributed by atoms with Crippen molar-refractivity contribution in [3.63, 3.8) is 0 Å². The van der Waals surface area contributed by atoms with Crippen molar-refractivity contribution in [1.29, 1.82) is 0 Å². The molecule has 4 heteroatoms. The van der Waals surface area contributed by atoms with Gasteiger partial charge in [-0.15, -0.1) is 0 Å². The molecule has 18 heavy (non-hydrogen) atoms. The van der Waals surface area contributed by atoms with Crippen molar-refractivity contribution in [1.82, 2.24) is 0 Å². The second kappa shape index (κ2) is 5.29. The molecule has 1 aromatic carbocycles. The topological polar surface area (TPSA) is 72.5 Å². The van der Waals surface area contributed by atoms with E-state index in [1.165, 1.54) is 7.11 Å². The minimum absolute atomic E-state index is 0.129. The molecule has 0 radical (unpaired) electrons. The molecule has 0 bridgehead atoms. The van der Waals surface area contributed by atoms with Crippen LogP contribution in [0.15, 0.2) is 12.1 Å². The molecule has 3 N–H and O–H groups in total. The van der Waals surface area contributed by atoms with E-state index in [2.05, 4.69) is 4.74 Å². The molecule has 0 aliphatic carbocycles. The fraction of sp³-hybridized carbons (Fsp3) is 0.500. The van der Waals surface area contributed by atoms with Gasteiger partial charge in [-0.25, -0.2) is 0 Å². The maximum Gasteiger partial charge on any atom is 0.305 e. The Bertz CT molecular complexity index is 447. The number of benzene rings is 1. The second-order valence-corrected chi connectivity index (χ2v) is 5.41. The van der Waals surface area contributed by atoms with Gasteiger partial charge in [0, 0.05) is 12.0 Å². The van der Waals surface area contributed by atoms with Crippen LogP contribution in [0.3, 0.4) is 0 Å². The summed E-state index contributed by atoms with van der Waals surface area (Å²) in [4.78, 5) is 11.1. The number of nitrogen functional groups attached to an aromatic ring is 1. The predicted octanol–water partition coefficient (Wildman–Crippen LogP) is 2.38. The zero-order valence-electron chi connectivity index (χ0n) is 11.4. The molecular formula is C14H21NO3. The van der Waals surface area contributed by atoms with Gasteiger partial charge in [0.05, 0.1) is 12.8 Å². The van der Waals surface area contributed by atoms with Gasteiger partial charge in [-0.05, 0) is 23.5 Å². The molecule has 0 spiro atoms. The normalized spacial score (nSPS) is 11.3. The molecule has 0 aliphatic rings. The lowest BCUT2D eigenvalue weighted by Gasteiger charge is -2.22. The Morgan fingerprint density at radius 2 is 2.00 bits per heavy atom. The molecular weight excluding hydrogens is 230 g/mol. The van der Waals surface area contributed by atoms with E-state index in [4.69, 9.17) is 5.73 Å². The third kappa shape index (κ3) is 3.39. The summed E-state index contributed by atoms with van der Waals surface area (Å²) in [6, 6.07) is 3.60. The number of ether oxygens (including phenoxy) is 1. The highest BCUT2D eigenvalue weighted by Crippen LogP contribution is 2.36. The van der Waals surface area contributed by atoms with Gasteiger partial charge in [0.25, 0.3) is 0 Å². The number of carbonyl (C=O) groups is 1. The molecule has 0 atom stereocenters. The highest BCUT2D eigenvalue weighted by atomic mass is 16.5. The van der Waals surface area contributed by atoms with Gasteiger partial charge in [-0.2, -0.15) is 0 Å². The summed E-state index contributed by atoms with van der Waals surface area (Å²) in [5.74, 6) is -0.122. The highest BCUT2D eigenvalue weighted by Gasteiger charge is 2.20. The number of phenols is 1. The Hall–Kier alpha value is -1.71. The standard InChI is InChI=1S/C14H21NO3/c1-14(2,3)10-7-9(5-6-12(16)18-4)8-11(15)13(10)17/h7-8,17H,5-6,15H2,1-4H3. The van der Waals surface area contributed by atoms with E-state index >= 15 is 0 Å². The van der Waals surface area contributed by atoms with Crippen LogP contribution in [0.1, 0.15) is 38.3 Å². The molecule has 1 rings (SSSR count). The maximum atomic E-state index is 11.1. The summed E-state index contributed by atoms with van der Waals surface area (Å²) < 4.78 is 4.60. The molecule has 0 saturated heterocycles. The Labute approximate surface area is 108 Å². The number of hydrogen-bond acceptors (Lipinski definition) is 4. The fourth-order valence-corrected chi connectivity index (χ4v) is 1.78. The summed E-state index contributed by atoms with van der Waals surface area (Å²) in [5, 5.41) is 9.96. The Morgan fingerprint density at radius 3 is 2.50 bits per heavy atom. The Kier molecular flexibility index (Phi) is 4.22. The first-order valence-electron chi connectivity index (χ1n) is 5.94. The number of aryl methyl sites for hydroxylation is 1. The maximum absolute atomic E-state index is 11.1. The Balaban J connectivity index is 3.02. The van der Waals surface area contributed by atoms with Crippen LogP contribution < -0.4 is 5.73 Å². The van der Waals surface area contributed by atoms with Crippen LogP contribution >= 0.6 is 0 Å². The predicted molar refractivity (Wildman–Crippen MR) is 71.6 cm³/mol. The van der Waals surface area contributed by atoms with E-state index in [-0.39, 0.29) is 17.1 Å². The van der Waals surface area contributed by atoms with Crippen molar-refractivity contribution < 1.29 is 14.6 Å². The number of phenolic OH excluding ortho intramolecular Hbond substituents is 1. The average Bonchev–Trinajstić information content (AvgIpc) is 2.28. The molecule has 0 fully saturated rings. The third-order valence-corrected chi connectivity index (χ3v) is 2.85. The van der Waals surface area contributed by atoms with E-state index < -0.39 is 0 Å². The second-order valence-electron chi connectivity index (χ2n) is 5.41. The number of hydrogen-bond donors (Lipinski definition) is 2. The van der Waals surface area contributed by atoms with Crippen LogP contribution in [0.5, 0.6) is 5.75 Å². The van der Waals surface area contributed by atoms with E-state index in [1.807, 2.05) is 26.8 Å². The molecule has 100 valence electrons. The van der Waals surface area contributed by atoms with Crippen molar-refractivity contribution in [2.24, 2.45) is 0 Å². The molecule has 4 nitrogen and oxygen atoms in total. The summed E-state index contributed by atoms with van der Waals surface area (Å²) in [5.41, 5.74) is 7.67. The number of anilines is 1. The van der Waals surface area contributed by atoms with Gasteiger partial charge in [0.15, 0.2) is 0 Å². The largest absolute Gasteiger partial charge is 0.505 e. The molecule has 0 aliphatic heterocycles. The van der Waals surface area contributed by atoms with Gasteiger partial charge in [0.2, 0.25) is 0 Å². The summed E-state index contributed by atoms with van der Waals surface area (Å²) in [7, 11) is 1.37. The van der Waals surface area contributed by atoms with Crippen LogP contribution in [-0.4, -0.2) is 18.2 Å². The van der Waals surface area contributed by atoms with Crippen LogP contribution in [0.25, 0.3) is 0 Å². The van der Waals surface area contributed by atoms with Crippen molar-refractivity contribution >= 4 is 11.7 Å². The highest BCUT2D eigenvalue weighted by molar-refractivity contribution is 5.70. The van der Waals surface area contributed by atoms with Crippen LogP contribution in [0.2, 0.25) is 0 Å². The number of carbonyl (C=O) groups excluding carboxylic acids is 1. The van der Waals surface area contributed by atoms with Crippen molar-refractivity contribution in [3.8, 4) is 5.75 Å². The molecule has 1 aromatic rings. The van der Waals surface area contributed by atoms with Gasteiger partial charge in [-0.3, -0.25) is 4.79 Å². The summed E-state index contributed by atoms with van der Waals surface area (Å²) in [6.07, 6.45) is 0.866. The van der Waals surface area contributed by atoms with E-state index in [9.17, 15) is 9.90 Å². The van der Waals surface area contributed by atoms with Crippen LogP contribution in [0, 0.1) is 0 Å². The molecule has 0 aromatic heterocycles. The number of methoxy groups -OCH3 is 1. The number of nitrogens with two attached hydrogens (primary N) is 1. The van der Waals surface area contributed by atoms with Gasteiger partial charge >= 0.3 is 5.97 Å². The molecule has 0 unspecified atom stereocenters. The van der Waals surface area contributed by atoms with Crippen LogP contribution in [-0.2, 0) is 21.4 Å². The number of esters is 1. The molecule has 0 amide bonds. The van der Waals surface area contributed by atoms with Gasteiger partial charge in [0.1, 0.15) is 5.75 Å². The summed E-state index contributed by atoms with van der Waals surface area (Å²) >= 11 is 0. The first-order chi connectivity index (χ1) is 8.25. The van der Waals surface area contributed by atoms with Crippen LogP contribution in [0.4, 0.5) is 5.69 Å². The fourth-order valence-electron chi connectivity index (χ4n) is 1.78. The SMILES string of the molecule is COC(=O)CCc1cc(N)c(O)c(C(C)(C)C)c1. The minimum atomic E-state index is -0.251. The Morgan fingerprint density at radius 1 is 1.39 bits per heavy atom. The van der Waals surface area contributed by atoms with Crippen molar-refractivity contribution in [3.05, 3.63) is 23.3 Å². The van der Waals surface area contributed by atoms with Crippen molar-refractivity contribution in [2.45, 2.75) is 39.0 Å². The number of aromatic hydroxyl groups is 1. The van der Waals surface area contributed by atoms with E-state index in [1.54, 1.807) is 6.07 Å². The van der Waals surface area contributed by atoms with E-state index in [0.717, 1.165) is 11.1 Å². The minimum Gasteiger partial charge on any atom is -0.505 e. The quantitative estimate of drug-likeness (QED) is 0.491. The third-order valence-electron chi connectivity index (χ3n) is 2.85. The van der Waals surface area contributed by atoms with Gasteiger partial charge in [-0.1, -0.05) is 26.8 Å². The first kappa shape index (κ1) is 14.4. The first-order valence-corrected chi connectivity index (χ1v) is 5.94. The molecule has 0 saturated carbocycles. The lowest BCUT2D eigenvalue weighted by molar-refractivity contribution is -0.140. The zero-order valence-corrected chi connectivity index (χ0v) is 11.4. The monoisotopic (exact) mass is 251 g/mol.